The standard InChI is InChI=1S/C45H27N3OS/c1-3-12-28(13-4-1)31-24-32(34-18-11-19-38-37-17-8-10-21-41(37)50-42(34)38)26-33(25-31)45-47-43(29-14-5-2-6-15-29)46-44(48-45)30-22-23-36-35-16-7-9-20-39(35)49-40(36)27-30/h1-27H/i1D,3D,4D,12D,13D. The fourth-order valence-electron chi connectivity index (χ4n) is 6.64. The summed E-state index contributed by atoms with van der Waals surface area (Å²) >= 11 is 1.69. The molecule has 0 atom stereocenters. The second-order valence-electron chi connectivity index (χ2n) is 12.1. The number of hydrogen-bond acceptors (Lipinski definition) is 5. The number of furan rings is 1. The predicted octanol–water partition coefficient (Wildman–Crippen LogP) is 12.5. The molecule has 0 spiro atoms. The van der Waals surface area contributed by atoms with E-state index in [1.54, 1.807) is 17.4 Å². The summed E-state index contributed by atoms with van der Waals surface area (Å²) < 4.78 is 51.5. The first-order valence-corrected chi connectivity index (χ1v) is 17.0. The summed E-state index contributed by atoms with van der Waals surface area (Å²) in [4.78, 5) is 15.0. The van der Waals surface area contributed by atoms with Crippen LogP contribution in [0.5, 0.6) is 0 Å². The zero-order valence-electron chi connectivity index (χ0n) is 31.4. The molecule has 50 heavy (non-hydrogen) atoms. The van der Waals surface area contributed by atoms with Crippen LogP contribution < -0.4 is 0 Å². The molecule has 0 aliphatic rings. The summed E-state index contributed by atoms with van der Waals surface area (Å²) in [6.45, 7) is 0. The van der Waals surface area contributed by atoms with Crippen LogP contribution in [0.4, 0.5) is 0 Å². The normalized spacial score (nSPS) is 13.0. The second kappa shape index (κ2) is 11.6. The third-order valence-electron chi connectivity index (χ3n) is 9.00. The van der Waals surface area contributed by atoms with Gasteiger partial charge in [0.15, 0.2) is 17.5 Å². The molecule has 5 heteroatoms. The zero-order chi connectivity index (χ0) is 37.4. The van der Waals surface area contributed by atoms with E-state index in [9.17, 15) is 0 Å². The molecule has 0 radical (unpaired) electrons. The Hall–Kier alpha value is -6.43. The largest absolute Gasteiger partial charge is 0.456 e. The summed E-state index contributed by atoms with van der Waals surface area (Å²) in [5.74, 6) is 1.27. The molecule has 10 rings (SSSR count). The van der Waals surface area contributed by atoms with E-state index >= 15 is 0 Å². The maximum atomic E-state index is 8.91. The van der Waals surface area contributed by atoms with Crippen LogP contribution >= 0.6 is 11.3 Å². The molecule has 0 saturated heterocycles. The highest BCUT2D eigenvalue weighted by Gasteiger charge is 2.18. The number of aromatic nitrogens is 3. The van der Waals surface area contributed by atoms with Crippen LogP contribution in [0.15, 0.2) is 168 Å². The lowest BCUT2D eigenvalue weighted by Gasteiger charge is -2.13. The molecular weight excluding hydrogens is 631 g/mol. The molecular formula is C45H27N3OS. The SMILES string of the molecule is [2H]c1c([2H])c([2H])c(-c2cc(-c3nc(-c4ccccc4)nc(-c4ccc5c(c4)oc4ccccc45)n3)cc(-c3cccc4c3sc3ccccc34)c2)c([2H])c1[2H]. The predicted molar refractivity (Wildman–Crippen MR) is 207 cm³/mol. The van der Waals surface area contributed by atoms with Crippen LogP contribution in [0.25, 0.3) is 98.5 Å². The third-order valence-corrected chi connectivity index (χ3v) is 10.2. The van der Waals surface area contributed by atoms with Gasteiger partial charge in [0.05, 0.1) is 6.85 Å². The minimum atomic E-state index is -0.443. The Labute approximate surface area is 299 Å². The van der Waals surface area contributed by atoms with Crippen LogP contribution in [0.1, 0.15) is 6.85 Å². The first kappa shape index (κ1) is 23.8. The van der Waals surface area contributed by atoms with E-state index in [4.69, 9.17) is 26.2 Å². The number of hydrogen-bond donors (Lipinski definition) is 0. The van der Waals surface area contributed by atoms with Crippen molar-refractivity contribution in [3.8, 4) is 56.4 Å². The van der Waals surface area contributed by atoms with Gasteiger partial charge in [0.1, 0.15) is 11.2 Å². The maximum absolute atomic E-state index is 8.91. The highest BCUT2D eigenvalue weighted by atomic mass is 32.1. The van der Waals surface area contributed by atoms with Crippen molar-refractivity contribution >= 4 is 53.4 Å². The molecule has 0 saturated carbocycles. The smallest absolute Gasteiger partial charge is 0.164 e. The molecule has 0 fully saturated rings. The zero-order valence-corrected chi connectivity index (χ0v) is 27.2. The van der Waals surface area contributed by atoms with Gasteiger partial charge in [0, 0.05) is 47.6 Å². The van der Waals surface area contributed by atoms with Crippen LogP contribution in [-0.2, 0) is 0 Å². The summed E-state index contributed by atoms with van der Waals surface area (Å²) in [6.07, 6.45) is 0. The van der Waals surface area contributed by atoms with Crippen molar-refractivity contribution in [1.29, 1.82) is 0 Å². The van der Waals surface area contributed by atoms with Gasteiger partial charge >= 0.3 is 0 Å². The van der Waals surface area contributed by atoms with E-state index in [0.29, 0.717) is 34.2 Å². The Morgan fingerprint density at radius 2 is 1.10 bits per heavy atom. The summed E-state index contributed by atoms with van der Waals surface area (Å²) in [6, 6.07) is 41.9. The lowest BCUT2D eigenvalue weighted by atomic mass is 9.95. The van der Waals surface area contributed by atoms with Crippen LogP contribution in [0.3, 0.4) is 0 Å². The second-order valence-corrected chi connectivity index (χ2v) is 13.1. The summed E-state index contributed by atoms with van der Waals surface area (Å²) in [5.41, 5.74) is 5.94. The van der Waals surface area contributed by atoms with Crippen molar-refractivity contribution in [3.63, 3.8) is 0 Å². The lowest BCUT2D eigenvalue weighted by Crippen LogP contribution is -2.00. The van der Waals surface area contributed by atoms with Gasteiger partial charge in [-0.1, -0.05) is 121 Å². The summed E-state index contributed by atoms with van der Waals surface area (Å²) in [5, 5.41) is 4.28. The van der Waals surface area contributed by atoms with Crippen LogP contribution in [-0.4, -0.2) is 15.0 Å². The highest BCUT2D eigenvalue weighted by Crippen LogP contribution is 2.42. The van der Waals surface area contributed by atoms with Crippen molar-refractivity contribution in [2.75, 3.05) is 0 Å². The van der Waals surface area contributed by atoms with Crippen molar-refractivity contribution in [2.24, 2.45) is 0 Å². The quantitative estimate of drug-likeness (QED) is 0.184. The molecule has 4 nitrogen and oxygen atoms in total. The Balaban J connectivity index is 1.24. The molecule has 7 aromatic carbocycles. The van der Waals surface area contributed by atoms with Crippen molar-refractivity contribution < 1.29 is 11.3 Å². The number of rotatable bonds is 5. The highest BCUT2D eigenvalue weighted by molar-refractivity contribution is 7.26. The van der Waals surface area contributed by atoms with Crippen molar-refractivity contribution in [1.82, 2.24) is 15.0 Å². The first-order chi connectivity index (χ1) is 26.8. The van der Waals surface area contributed by atoms with E-state index in [0.717, 1.165) is 58.8 Å². The van der Waals surface area contributed by atoms with E-state index in [-0.39, 0.29) is 17.6 Å². The molecule has 3 heterocycles. The van der Waals surface area contributed by atoms with Crippen molar-refractivity contribution in [2.45, 2.75) is 0 Å². The van der Waals surface area contributed by atoms with Gasteiger partial charge in [-0.3, -0.25) is 0 Å². The van der Waals surface area contributed by atoms with Crippen LogP contribution in [0.2, 0.25) is 0 Å². The van der Waals surface area contributed by atoms with Gasteiger partial charge in [-0.2, -0.15) is 0 Å². The molecule has 0 N–H and O–H groups in total. The number of nitrogens with zero attached hydrogens (tertiary/aromatic N) is 3. The molecule has 10 aromatic rings. The van der Waals surface area contributed by atoms with Gasteiger partial charge in [0.25, 0.3) is 0 Å². The Morgan fingerprint density at radius 3 is 1.96 bits per heavy atom. The molecule has 0 aliphatic carbocycles. The van der Waals surface area contributed by atoms with E-state index in [2.05, 4.69) is 24.3 Å². The number of benzene rings is 7. The summed E-state index contributed by atoms with van der Waals surface area (Å²) in [7, 11) is 0. The Kier molecular flexibility index (Phi) is 5.54. The fourth-order valence-corrected chi connectivity index (χ4v) is 7.88. The van der Waals surface area contributed by atoms with Crippen molar-refractivity contribution in [3.05, 3.63) is 164 Å². The molecule has 0 bridgehead atoms. The number of fused-ring (bicyclic) bond motifs is 6. The minimum absolute atomic E-state index is 0.102. The molecule has 0 unspecified atom stereocenters. The van der Waals surface area contributed by atoms with E-state index in [1.165, 1.54) is 0 Å². The molecule has 0 amide bonds. The Bertz CT molecular complexity index is 3150. The van der Waals surface area contributed by atoms with Gasteiger partial charge in [-0.25, -0.2) is 15.0 Å². The Morgan fingerprint density at radius 1 is 0.440 bits per heavy atom. The van der Waals surface area contributed by atoms with E-state index < -0.39 is 18.1 Å². The molecule has 3 aromatic heterocycles. The van der Waals surface area contributed by atoms with Gasteiger partial charge in [0.2, 0.25) is 0 Å². The van der Waals surface area contributed by atoms with Gasteiger partial charge in [-0.15, -0.1) is 11.3 Å². The average molecular weight is 663 g/mol. The lowest BCUT2D eigenvalue weighted by molar-refractivity contribution is 0.669. The van der Waals surface area contributed by atoms with E-state index in [1.807, 2.05) is 103 Å². The first-order valence-electron chi connectivity index (χ1n) is 18.7. The monoisotopic (exact) mass is 662 g/mol. The van der Waals surface area contributed by atoms with Crippen LogP contribution in [0, 0.1) is 0 Å². The number of para-hydroxylation sites is 1. The fraction of sp³-hybridized carbons (Fsp3) is 0. The average Bonchev–Trinajstić information content (AvgIpc) is 3.80. The van der Waals surface area contributed by atoms with Gasteiger partial charge < -0.3 is 4.42 Å². The topological polar surface area (TPSA) is 51.8 Å². The minimum Gasteiger partial charge on any atom is -0.456 e. The molecule has 234 valence electrons. The third kappa shape index (κ3) is 4.87. The number of thiophene rings is 1. The maximum Gasteiger partial charge on any atom is 0.164 e. The molecule has 0 aliphatic heterocycles. The van der Waals surface area contributed by atoms with Gasteiger partial charge in [-0.05, 0) is 64.7 Å².